The highest BCUT2D eigenvalue weighted by molar-refractivity contribution is 5.82. The van der Waals surface area contributed by atoms with Crippen LogP contribution < -0.4 is 5.32 Å². The first-order chi connectivity index (χ1) is 6.18. The molecule has 0 saturated carbocycles. The van der Waals surface area contributed by atoms with Crippen molar-refractivity contribution in [3.8, 4) is 0 Å². The van der Waals surface area contributed by atoms with Gasteiger partial charge in [-0.1, -0.05) is 0 Å². The number of nitrogens with zero attached hydrogens (tertiary/aromatic N) is 1. The van der Waals surface area contributed by atoms with Crippen molar-refractivity contribution in [2.24, 2.45) is 4.99 Å². The zero-order chi connectivity index (χ0) is 9.68. The van der Waals surface area contributed by atoms with Gasteiger partial charge in [0.25, 0.3) is 0 Å². The van der Waals surface area contributed by atoms with Gasteiger partial charge in [-0.2, -0.15) is 0 Å². The lowest BCUT2D eigenvalue weighted by atomic mass is 10.1. The number of halogens is 2. The van der Waals surface area contributed by atoms with E-state index in [1.807, 2.05) is 0 Å². The molecule has 4 heteroatoms. The summed E-state index contributed by atoms with van der Waals surface area (Å²) in [5.41, 5.74) is 0. The molecule has 0 aliphatic carbocycles. The number of hydrogen-bond donors (Lipinski definition) is 1. The summed E-state index contributed by atoms with van der Waals surface area (Å²) in [7, 11) is 0. The second-order valence-corrected chi connectivity index (χ2v) is 3.46. The fourth-order valence-corrected chi connectivity index (χ4v) is 1.43. The summed E-state index contributed by atoms with van der Waals surface area (Å²) in [5.74, 6) is 0.902. The second-order valence-electron chi connectivity index (χ2n) is 3.46. The fourth-order valence-electron chi connectivity index (χ4n) is 1.43. The molecule has 0 spiro atoms. The van der Waals surface area contributed by atoms with Crippen LogP contribution in [0, 0.1) is 0 Å². The highest BCUT2D eigenvalue weighted by Crippen LogP contribution is 2.07. The quantitative estimate of drug-likeness (QED) is 0.725. The molecule has 76 valence electrons. The van der Waals surface area contributed by atoms with Gasteiger partial charge >= 0.3 is 0 Å². The Morgan fingerprint density at radius 1 is 1.46 bits per heavy atom. The molecule has 0 aromatic carbocycles. The van der Waals surface area contributed by atoms with Crippen LogP contribution in [0.25, 0.3) is 0 Å². The maximum Gasteiger partial charge on any atom is 0.240 e. The summed E-state index contributed by atoms with van der Waals surface area (Å²) in [6.45, 7) is 2.60. The van der Waals surface area contributed by atoms with E-state index < -0.39 is 6.43 Å². The number of alkyl halides is 2. The zero-order valence-corrected chi connectivity index (χ0v) is 7.89. The molecule has 1 heterocycles. The van der Waals surface area contributed by atoms with E-state index in [1.54, 1.807) is 6.92 Å². The van der Waals surface area contributed by atoms with Gasteiger partial charge in [-0.25, -0.2) is 8.78 Å². The topological polar surface area (TPSA) is 24.4 Å². The molecule has 0 amide bonds. The van der Waals surface area contributed by atoms with Crippen molar-refractivity contribution < 1.29 is 8.78 Å². The molecule has 2 nitrogen and oxygen atoms in total. The van der Waals surface area contributed by atoms with Gasteiger partial charge in [0.15, 0.2) is 0 Å². The van der Waals surface area contributed by atoms with E-state index in [-0.39, 0.29) is 12.5 Å². The maximum atomic E-state index is 12.0. The van der Waals surface area contributed by atoms with Crippen LogP contribution in [0.1, 0.15) is 32.6 Å². The first kappa shape index (κ1) is 10.4. The third-order valence-corrected chi connectivity index (χ3v) is 2.07. The number of rotatable bonds is 3. The summed E-state index contributed by atoms with van der Waals surface area (Å²) in [5, 5.41) is 3.02. The van der Waals surface area contributed by atoms with Gasteiger partial charge in [0.1, 0.15) is 0 Å². The number of hydrogen-bond acceptors (Lipinski definition) is 2. The standard InChI is InChI=1S/C9H16F2N2/c1-7(6-8(10)11)13-9-4-2-3-5-12-9/h7-8H,2-6H2,1H3,(H,12,13). The average Bonchev–Trinajstić information content (AvgIpc) is 2.04. The molecule has 0 aromatic rings. The largest absolute Gasteiger partial charge is 0.371 e. The van der Waals surface area contributed by atoms with Crippen LogP contribution in [-0.4, -0.2) is 24.8 Å². The van der Waals surface area contributed by atoms with Crippen LogP contribution in [0.4, 0.5) is 8.78 Å². The van der Waals surface area contributed by atoms with Crippen molar-refractivity contribution in [3.05, 3.63) is 0 Å². The lowest BCUT2D eigenvalue weighted by Gasteiger charge is -2.19. The van der Waals surface area contributed by atoms with Crippen LogP contribution in [0.3, 0.4) is 0 Å². The average molecular weight is 190 g/mol. The van der Waals surface area contributed by atoms with Crippen LogP contribution >= 0.6 is 0 Å². The van der Waals surface area contributed by atoms with E-state index in [0.717, 1.165) is 31.6 Å². The third kappa shape index (κ3) is 4.20. The third-order valence-electron chi connectivity index (χ3n) is 2.07. The van der Waals surface area contributed by atoms with E-state index in [2.05, 4.69) is 10.3 Å². The van der Waals surface area contributed by atoms with Crippen molar-refractivity contribution in [1.29, 1.82) is 0 Å². The van der Waals surface area contributed by atoms with Crippen LogP contribution in [0.15, 0.2) is 4.99 Å². The van der Waals surface area contributed by atoms with Crippen molar-refractivity contribution in [2.75, 3.05) is 6.54 Å². The molecule has 1 atom stereocenters. The lowest BCUT2D eigenvalue weighted by Crippen LogP contribution is -2.35. The van der Waals surface area contributed by atoms with E-state index in [1.165, 1.54) is 0 Å². The Morgan fingerprint density at radius 3 is 2.77 bits per heavy atom. The Kier molecular flexibility index (Phi) is 4.12. The Labute approximate surface area is 77.4 Å². The molecule has 0 bridgehead atoms. The molecule has 0 saturated heterocycles. The van der Waals surface area contributed by atoms with Gasteiger partial charge in [-0.05, 0) is 19.8 Å². The molecular weight excluding hydrogens is 174 g/mol. The monoisotopic (exact) mass is 190 g/mol. The summed E-state index contributed by atoms with van der Waals surface area (Å²) >= 11 is 0. The summed E-state index contributed by atoms with van der Waals surface area (Å²) in [6.07, 6.45) is 0.820. The molecule has 1 rings (SSSR count). The minimum atomic E-state index is -2.23. The maximum absolute atomic E-state index is 12.0. The van der Waals surface area contributed by atoms with Gasteiger partial charge in [0, 0.05) is 25.4 Å². The minimum Gasteiger partial charge on any atom is -0.371 e. The molecule has 1 unspecified atom stereocenters. The van der Waals surface area contributed by atoms with E-state index in [0.29, 0.717) is 0 Å². The van der Waals surface area contributed by atoms with Gasteiger partial charge < -0.3 is 5.32 Å². The van der Waals surface area contributed by atoms with Crippen LogP contribution in [0.2, 0.25) is 0 Å². The fraction of sp³-hybridized carbons (Fsp3) is 0.889. The van der Waals surface area contributed by atoms with Gasteiger partial charge in [0.2, 0.25) is 6.43 Å². The highest BCUT2D eigenvalue weighted by atomic mass is 19.3. The van der Waals surface area contributed by atoms with Crippen LogP contribution in [0.5, 0.6) is 0 Å². The number of amidine groups is 1. The first-order valence-electron chi connectivity index (χ1n) is 4.76. The Bertz CT molecular complexity index is 180. The summed E-state index contributed by atoms with van der Waals surface area (Å²) in [4.78, 5) is 4.24. The second kappa shape index (κ2) is 5.14. The van der Waals surface area contributed by atoms with Gasteiger partial charge in [-0.15, -0.1) is 0 Å². The summed E-state index contributed by atoms with van der Waals surface area (Å²) in [6, 6.07) is -0.170. The van der Waals surface area contributed by atoms with E-state index >= 15 is 0 Å². The van der Waals surface area contributed by atoms with Crippen molar-refractivity contribution >= 4 is 5.84 Å². The Balaban J connectivity index is 2.26. The normalized spacial score (nSPS) is 19.8. The van der Waals surface area contributed by atoms with Crippen LogP contribution in [-0.2, 0) is 0 Å². The van der Waals surface area contributed by atoms with Crippen molar-refractivity contribution in [2.45, 2.75) is 45.1 Å². The predicted octanol–water partition coefficient (Wildman–Crippen LogP) is 2.20. The Hall–Kier alpha value is -0.670. The van der Waals surface area contributed by atoms with Crippen molar-refractivity contribution in [1.82, 2.24) is 5.32 Å². The lowest BCUT2D eigenvalue weighted by molar-refractivity contribution is 0.128. The minimum absolute atomic E-state index is 0.0982. The number of nitrogens with one attached hydrogen (secondary N) is 1. The number of aliphatic imine (C=N–C) groups is 1. The highest BCUT2D eigenvalue weighted by Gasteiger charge is 2.12. The zero-order valence-electron chi connectivity index (χ0n) is 7.89. The Morgan fingerprint density at radius 2 is 2.23 bits per heavy atom. The molecule has 1 aliphatic rings. The van der Waals surface area contributed by atoms with Crippen molar-refractivity contribution in [3.63, 3.8) is 0 Å². The molecule has 13 heavy (non-hydrogen) atoms. The predicted molar refractivity (Wildman–Crippen MR) is 49.4 cm³/mol. The van der Waals surface area contributed by atoms with E-state index in [9.17, 15) is 8.78 Å². The molecule has 0 radical (unpaired) electrons. The smallest absolute Gasteiger partial charge is 0.240 e. The van der Waals surface area contributed by atoms with Gasteiger partial charge in [0.05, 0.1) is 5.84 Å². The molecular formula is C9H16F2N2. The van der Waals surface area contributed by atoms with Gasteiger partial charge in [-0.3, -0.25) is 4.99 Å². The molecule has 1 aliphatic heterocycles. The molecule has 1 N–H and O–H groups in total. The first-order valence-corrected chi connectivity index (χ1v) is 4.76. The SMILES string of the molecule is CC(CC(F)F)NC1=NCCCC1. The van der Waals surface area contributed by atoms with E-state index in [4.69, 9.17) is 0 Å². The molecule has 0 aromatic heterocycles. The summed E-state index contributed by atoms with van der Waals surface area (Å²) < 4.78 is 23.9. The molecule has 0 fully saturated rings.